The number of rotatable bonds is 6. The minimum Gasteiger partial charge on any atom is -0.310 e. The van der Waals surface area contributed by atoms with E-state index >= 15 is 0 Å². The van der Waals surface area contributed by atoms with Crippen molar-refractivity contribution in [3.05, 3.63) is 0 Å². The van der Waals surface area contributed by atoms with Gasteiger partial charge in [-0.1, -0.05) is 41.0 Å². The van der Waals surface area contributed by atoms with Crippen LogP contribution in [0.2, 0.25) is 0 Å². The summed E-state index contributed by atoms with van der Waals surface area (Å²) in [4.78, 5) is 2.52. The lowest BCUT2D eigenvalue weighted by atomic mass is 9.76. The molecule has 1 rings (SSSR count). The molecular formula is C18H38N2. The third-order valence-corrected chi connectivity index (χ3v) is 5.14. The molecule has 120 valence electrons. The minimum atomic E-state index is 0.488. The van der Waals surface area contributed by atoms with Crippen LogP contribution in [0.15, 0.2) is 0 Å². The second-order valence-corrected chi connectivity index (χ2v) is 7.82. The maximum atomic E-state index is 3.89. The average molecular weight is 283 g/mol. The van der Waals surface area contributed by atoms with Gasteiger partial charge in [0.15, 0.2) is 0 Å². The quantitative estimate of drug-likeness (QED) is 0.731. The maximum Gasteiger partial charge on any atom is 0.0169 e. The summed E-state index contributed by atoms with van der Waals surface area (Å²) in [6.45, 7) is 17.6. The molecule has 0 saturated heterocycles. The number of hydrogen-bond acceptors (Lipinski definition) is 2. The van der Waals surface area contributed by atoms with Crippen LogP contribution in [0, 0.1) is 11.3 Å². The molecule has 1 aliphatic carbocycles. The number of likely N-dealkylation sites (N-methyl/N-ethyl adjacent to an activating group) is 1. The van der Waals surface area contributed by atoms with E-state index in [2.05, 4.69) is 51.8 Å². The molecular weight excluding hydrogens is 244 g/mol. The van der Waals surface area contributed by atoms with Crippen LogP contribution in [0.5, 0.6) is 0 Å². The van der Waals surface area contributed by atoms with Gasteiger partial charge in [0.05, 0.1) is 0 Å². The molecule has 0 heterocycles. The van der Waals surface area contributed by atoms with Crippen LogP contribution in [0.25, 0.3) is 0 Å². The fourth-order valence-corrected chi connectivity index (χ4v) is 3.66. The molecule has 1 N–H and O–H groups in total. The van der Waals surface area contributed by atoms with Gasteiger partial charge in [0.25, 0.3) is 0 Å². The molecule has 0 radical (unpaired) electrons. The highest BCUT2D eigenvalue weighted by Crippen LogP contribution is 2.36. The molecule has 0 bridgehead atoms. The van der Waals surface area contributed by atoms with Gasteiger partial charge in [-0.2, -0.15) is 0 Å². The van der Waals surface area contributed by atoms with Gasteiger partial charge in [0, 0.05) is 18.6 Å². The van der Waals surface area contributed by atoms with Gasteiger partial charge in [-0.25, -0.2) is 0 Å². The van der Waals surface area contributed by atoms with Crippen LogP contribution >= 0.6 is 0 Å². The molecule has 0 aromatic carbocycles. The SMILES string of the molecule is CCN(CC)CC(C)NC1CCCC(C(C)(C)C)CC1. The van der Waals surface area contributed by atoms with Gasteiger partial charge in [0.1, 0.15) is 0 Å². The monoisotopic (exact) mass is 282 g/mol. The summed E-state index contributed by atoms with van der Waals surface area (Å²) in [5.41, 5.74) is 0.488. The highest BCUT2D eigenvalue weighted by atomic mass is 15.1. The summed E-state index contributed by atoms with van der Waals surface area (Å²) in [5, 5.41) is 3.89. The Hall–Kier alpha value is -0.0800. The highest BCUT2D eigenvalue weighted by Gasteiger charge is 2.28. The van der Waals surface area contributed by atoms with E-state index in [0.717, 1.165) is 12.0 Å². The largest absolute Gasteiger partial charge is 0.310 e. The van der Waals surface area contributed by atoms with Crippen molar-refractivity contribution in [2.75, 3.05) is 19.6 Å². The van der Waals surface area contributed by atoms with Gasteiger partial charge < -0.3 is 10.2 Å². The van der Waals surface area contributed by atoms with Crippen LogP contribution in [-0.4, -0.2) is 36.6 Å². The molecule has 0 aliphatic heterocycles. The van der Waals surface area contributed by atoms with Crippen molar-refractivity contribution in [2.45, 2.75) is 85.7 Å². The summed E-state index contributed by atoms with van der Waals surface area (Å²) in [5.74, 6) is 0.910. The number of hydrogen-bond donors (Lipinski definition) is 1. The summed E-state index contributed by atoms with van der Waals surface area (Å²) < 4.78 is 0. The topological polar surface area (TPSA) is 15.3 Å². The van der Waals surface area contributed by atoms with E-state index in [4.69, 9.17) is 0 Å². The van der Waals surface area contributed by atoms with E-state index in [-0.39, 0.29) is 0 Å². The zero-order valence-electron chi connectivity index (χ0n) is 14.8. The number of nitrogens with one attached hydrogen (secondary N) is 1. The van der Waals surface area contributed by atoms with E-state index in [9.17, 15) is 0 Å². The first-order valence-corrected chi connectivity index (χ1v) is 8.85. The van der Waals surface area contributed by atoms with E-state index < -0.39 is 0 Å². The third-order valence-electron chi connectivity index (χ3n) is 5.14. The predicted molar refractivity (Wildman–Crippen MR) is 90.2 cm³/mol. The molecule has 0 aromatic heterocycles. The van der Waals surface area contributed by atoms with Gasteiger partial charge in [-0.15, -0.1) is 0 Å². The van der Waals surface area contributed by atoms with E-state index in [0.29, 0.717) is 11.5 Å². The van der Waals surface area contributed by atoms with Crippen molar-refractivity contribution in [3.63, 3.8) is 0 Å². The lowest BCUT2D eigenvalue weighted by Crippen LogP contribution is -2.43. The van der Waals surface area contributed by atoms with Crippen molar-refractivity contribution in [2.24, 2.45) is 11.3 Å². The van der Waals surface area contributed by atoms with Crippen molar-refractivity contribution in [1.82, 2.24) is 10.2 Å². The summed E-state index contributed by atoms with van der Waals surface area (Å²) in [7, 11) is 0. The lowest BCUT2D eigenvalue weighted by molar-refractivity contribution is 0.212. The zero-order valence-corrected chi connectivity index (χ0v) is 14.8. The van der Waals surface area contributed by atoms with Crippen molar-refractivity contribution in [1.29, 1.82) is 0 Å². The minimum absolute atomic E-state index is 0.488. The molecule has 20 heavy (non-hydrogen) atoms. The van der Waals surface area contributed by atoms with Gasteiger partial charge in [-0.05, 0) is 57.0 Å². The molecule has 3 unspecified atom stereocenters. The van der Waals surface area contributed by atoms with Crippen molar-refractivity contribution >= 4 is 0 Å². The van der Waals surface area contributed by atoms with Gasteiger partial charge in [-0.3, -0.25) is 0 Å². The van der Waals surface area contributed by atoms with E-state index in [1.165, 1.54) is 51.7 Å². The standard InChI is InChI=1S/C18H38N2/c1-7-20(8-2)14-15(3)19-17-11-9-10-16(12-13-17)18(4,5)6/h15-17,19H,7-14H2,1-6H3. The molecule has 2 nitrogen and oxygen atoms in total. The smallest absolute Gasteiger partial charge is 0.0169 e. The zero-order chi connectivity index (χ0) is 15.2. The van der Waals surface area contributed by atoms with Crippen LogP contribution in [-0.2, 0) is 0 Å². The van der Waals surface area contributed by atoms with Crippen molar-refractivity contribution < 1.29 is 0 Å². The van der Waals surface area contributed by atoms with E-state index in [1.54, 1.807) is 0 Å². The van der Waals surface area contributed by atoms with Gasteiger partial charge in [0.2, 0.25) is 0 Å². The molecule has 0 amide bonds. The van der Waals surface area contributed by atoms with Crippen LogP contribution < -0.4 is 5.32 Å². The Bertz CT molecular complexity index is 253. The first-order chi connectivity index (χ1) is 9.36. The normalized spacial score (nSPS) is 26.6. The predicted octanol–water partition coefficient (Wildman–Crippen LogP) is 4.30. The second-order valence-electron chi connectivity index (χ2n) is 7.82. The molecule has 0 aromatic rings. The van der Waals surface area contributed by atoms with Crippen LogP contribution in [0.3, 0.4) is 0 Å². The Kier molecular flexibility index (Phi) is 7.53. The van der Waals surface area contributed by atoms with Crippen molar-refractivity contribution in [3.8, 4) is 0 Å². The summed E-state index contributed by atoms with van der Waals surface area (Å²) in [6.07, 6.45) is 6.96. The Morgan fingerprint density at radius 2 is 1.70 bits per heavy atom. The van der Waals surface area contributed by atoms with Crippen LogP contribution in [0.4, 0.5) is 0 Å². The fourth-order valence-electron chi connectivity index (χ4n) is 3.66. The number of nitrogens with zero attached hydrogens (tertiary/aromatic N) is 1. The summed E-state index contributed by atoms with van der Waals surface area (Å²) >= 11 is 0. The Labute approximate surface area is 127 Å². The van der Waals surface area contributed by atoms with E-state index in [1.807, 2.05) is 0 Å². The van der Waals surface area contributed by atoms with Crippen LogP contribution in [0.1, 0.15) is 73.6 Å². The Morgan fingerprint density at radius 3 is 2.25 bits per heavy atom. The van der Waals surface area contributed by atoms with Gasteiger partial charge >= 0.3 is 0 Å². The molecule has 3 atom stereocenters. The maximum absolute atomic E-state index is 3.89. The fraction of sp³-hybridized carbons (Fsp3) is 1.00. The average Bonchev–Trinajstić information content (AvgIpc) is 2.61. The molecule has 1 aliphatic rings. The first-order valence-electron chi connectivity index (χ1n) is 8.85. The molecule has 2 heteroatoms. The Balaban J connectivity index is 2.38. The molecule has 0 spiro atoms. The summed E-state index contributed by atoms with van der Waals surface area (Å²) in [6, 6.07) is 1.36. The highest BCUT2D eigenvalue weighted by molar-refractivity contribution is 4.82. The molecule has 1 saturated carbocycles. The third kappa shape index (κ3) is 6.13. The Morgan fingerprint density at radius 1 is 1.05 bits per heavy atom. The lowest BCUT2D eigenvalue weighted by Gasteiger charge is -2.30. The second kappa shape index (κ2) is 8.38. The molecule has 1 fully saturated rings. The first kappa shape index (κ1) is 18.0.